The van der Waals surface area contributed by atoms with Gasteiger partial charge in [-0.1, -0.05) is 41.4 Å². The van der Waals surface area contributed by atoms with Crippen LogP contribution < -0.4 is 4.74 Å². The van der Waals surface area contributed by atoms with Gasteiger partial charge in [-0.05, 0) is 40.0 Å². The third-order valence-corrected chi connectivity index (χ3v) is 5.89. The summed E-state index contributed by atoms with van der Waals surface area (Å²) in [6.45, 7) is 0.622. The van der Waals surface area contributed by atoms with Crippen molar-refractivity contribution in [2.75, 3.05) is 6.61 Å². The second-order valence-electron chi connectivity index (χ2n) is 4.56. The minimum Gasteiger partial charge on any atom is -0.491 e. The van der Waals surface area contributed by atoms with Crippen LogP contribution in [0.2, 0.25) is 10.0 Å². The lowest BCUT2D eigenvalue weighted by atomic mass is 10.1. The van der Waals surface area contributed by atoms with Crippen molar-refractivity contribution in [1.29, 1.82) is 0 Å². The predicted molar refractivity (Wildman–Crippen MR) is 89.4 cm³/mol. The molecule has 0 saturated carbocycles. The van der Waals surface area contributed by atoms with Gasteiger partial charge in [0.15, 0.2) is 0 Å². The van der Waals surface area contributed by atoms with E-state index in [9.17, 15) is 0 Å². The number of hydrogen-bond acceptors (Lipinski definition) is 2. The van der Waals surface area contributed by atoms with Gasteiger partial charge in [-0.15, -0.1) is 11.8 Å². The van der Waals surface area contributed by atoms with Crippen LogP contribution in [-0.2, 0) is 6.42 Å². The number of benzene rings is 2. The lowest BCUT2D eigenvalue weighted by Crippen LogP contribution is -2.13. The molecule has 0 aromatic heterocycles. The normalized spacial score (nSPS) is 17.1. The molecule has 3 rings (SSSR count). The van der Waals surface area contributed by atoms with Crippen LogP contribution in [0.4, 0.5) is 0 Å². The molecule has 0 radical (unpaired) electrons. The molecule has 0 saturated heterocycles. The number of hydrogen-bond donors (Lipinski definition) is 0. The lowest BCUT2D eigenvalue weighted by Gasteiger charge is -2.13. The van der Waals surface area contributed by atoms with Gasteiger partial charge >= 0.3 is 0 Å². The van der Waals surface area contributed by atoms with E-state index in [-0.39, 0.29) is 0 Å². The molecule has 2 aromatic carbocycles. The molecule has 0 bridgehead atoms. The van der Waals surface area contributed by atoms with Crippen molar-refractivity contribution >= 4 is 50.9 Å². The Morgan fingerprint density at radius 2 is 2.00 bits per heavy atom. The summed E-state index contributed by atoms with van der Waals surface area (Å²) in [6.07, 6.45) is 1.03. The van der Waals surface area contributed by atoms with Crippen molar-refractivity contribution in [2.24, 2.45) is 0 Å². The van der Waals surface area contributed by atoms with E-state index in [0.717, 1.165) is 10.9 Å². The van der Waals surface area contributed by atoms with Gasteiger partial charge < -0.3 is 4.74 Å². The quantitative estimate of drug-likeness (QED) is 0.608. The zero-order valence-electron chi connectivity index (χ0n) is 10.4. The number of rotatable bonds is 3. The molecule has 0 aliphatic carbocycles. The van der Waals surface area contributed by atoms with E-state index in [4.69, 9.17) is 27.9 Å². The van der Waals surface area contributed by atoms with Gasteiger partial charge in [0.2, 0.25) is 0 Å². The molecule has 0 amide bonds. The number of fused-ring (bicyclic) bond motifs is 1. The highest BCUT2D eigenvalue weighted by Crippen LogP contribution is 2.38. The van der Waals surface area contributed by atoms with E-state index in [1.165, 1.54) is 10.5 Å². The Labute approximate surface area is 140 Å². The van der Waals surface area contributed by atoms with Crippen LogP contribution in [0.25, 0.3) is 0 Å². The molecule has 0 spiro atoms. The van der Waals surface area contributed by atoms with Crippen LogP contribution in [0.3, 0.4) is 0 Å². The third-order valence-electron chi connectivity index (χ3n) is 3.11. The summed E-state index contributed by atoms with van der Waals surface area (Å²) in [4.78, 5) is 1.35. The molecule has 0 N–H and O–H groups in total. The molecule has 20 heavy (non-hydrogen) atoms. The average molecular weight is 390 g/mol. The summed E-state index contributed by atoms with van der Waals surface area (Å²) >= 11 is 17.4. The summed E-state index contributed by atoms with van der Waals surface area (Å²) in [5.41, 5.74) is 1.39. The Balaban J connectivity index is 1.66. The van der Waals surface area contributed by atoms with E-state index in [1.54, 1.807) is 12.1 Å². The molecule has 1 aliphatic rings. The molecule has 104 valence electrons. The molecule has 5 heteroatoms. The van der Waals surface area contributed by atoms with E-state index < -0.39 is 0 Å². The maximum atomic E-state index is 6.16. The first-order chi connectivity index (χ1) is 9.63. The molecule has 1 nitrogen and oxygen atoms in total. The highest BCUT2D eigenvalue weighted by molar-refractivity contribution is 9.10. The Hall–Kier alpha value is -0.350. The first kappa shape index (κ1) is 14.6. The van der Waals surface area contributed by atoms with E-state index >= 15 is 0 Å². The maximum absolute atomic E-state index is 6.16. The van der Waals surface area contributed by atoms with Gasteiger partial charge in [0, 0.05) is 20.7 Å². The van der Waals surface area contributed by atoms with Crippen LogP contribution in [0.5, 0.6) is 5.75 Å². The predicted octanol–water partition coefficient (Wildman–Crippen LogP) is 5.85. The molecule has 0 fully saturated rings. The SMILES string of the molecule is Clc1cc(OCC2Cc3ccccc3S2)c(Cl)cc1Br. The topological polar surface area (TPSA) is 9.23 Å². The summed E-state index contributed by atoms with van der Waals surface area (Å²) in [7, 11) is 0. The van der Waals surface area contributed by atoms with Crippen molar-refractivity contribution in [1.82, 2.24) is 0 Å². The standard InChI is InChI=1S/C15H11BrCl2OS/c16-11-6-13(18)14(7-12(11)17)19-8-10-5-9-3-1-2-4-15(9)20-10/h1-4,6-7,10H,5,8H2. The first-order valence-electron chi connectivity index (χ1n) is 6.15. The summed E-state index contributed by atoms with van der Waals surface area (Å²) < 4.78 is 6.61. The fraction of sp³-hybridized carbons (Fsp3) is 0.200. The first-order valence-corrected chi connectivity index (χ1v) is 8.58. The Morgan fingerprint density at radius 1 is 1.20 bits per heavy atom. The maximum Gasteiger partial charge on any atom is 0.139 e. The Bertz CT molecular complexity index is 623. The van der Waals surface area contributed by atoms with Gasteiger partial charge in [-0.3, -0.25) is 0 Å². The fourth-order valence-electron chi connectivity index (χ4n) is 2.14. The van der Waals surface area contributed by atoms with Crippen LogP contribution in [-0.4, -0.2) is 11.9 Å². The minimum absolute atomic E-state index is 0.422. The number of ether oxygens (including phenoxy) is 1. The Morgan fingerprint density at radius 3 is 2.80 bits per heavy atom. The molecular weight excluding hydrogens is 379 g/mol. The van der Waals surface area contributed by atoms with Crippen molar-refractivity contribution < 1.29 is 4.74 Å². The van der Waals surface area contributed by atoms with Crippen LogP contribution in [0, 0.1) is 0 Å². The molecular formula is C15H11BrCl2OS. The van der Waals surface area contributed by atoms with Crippen LogP contribution in [0.1, 0.15) is 5.56 Å². The van der Waals surface area contributed by atoms with Gasteiger partial charge in [-0.25, -0.2) is 0 Å². The van der Waals surface area contributed by atoms with Crippen LogP contribution in [0.15, 0.2) is 45.8 Å². The summed E-state index contributed by atoms with van der Waals surface area (Å²) in [6, 6.07) is 12.0. The Kier molecular flexibility index (Phi) is 4.51. The van der Waals surface area contributed by atoms with Gasteiger partial charge in [0.25, 0.3) is 0 Å². The highest BCUT2D eigenvalue weighted by atomic mass is 79.9. The minimum atomic E-state index is 0.422. The van der Waals surface area contributed by atoms with Crippen molar-refractivity contribution in [3.05, 3.63) is 56.5 Å². The van der Waals surface area contributed by atoms with Crippen molar-refractivity contribution in [3.8, 4) is 5.75 Å². The highest BCUT2D eigenvalue weighted by Gasteiger charge is 2.22. The van der Waals surface area contributed by atoms with E-state index in [1.807, 2.05) is 11.8 Å². The molecule has 1 heterocycles. The van der Waals surface area contributed by atoms with Gasteiger partial charge in [-0.2, -0.15) is 0 Å². The van der Waals surface area contributed by atoms with Gasteiger partial charge in [0.05, 0.1) is 10.0 Å². The summed E-state index contributed by atoms with van der Waals surface area (Å²) in [5.74, 6) is 0.636. The average Bonchev–Trinajstić information content (AvgIpc) is 2.84. The number of halogens is 3. The smallest absolute Gasteiger partial charge is 0.139 e. The summed E-state index contributed by atoms with van der Waals surface area (Å²) in [5, 5.41) is 1.60. The second-order valence-corrected chi connectivity index (χ2v) is 7.57. The third kappa shape index (κ3) is 3.11. The molecule has 1 unspecified atom stereocenters. The van der Waals surface area contributed by atoms with E-state index in [2.05, 4.69) is 40.2 Å². The zero-order valence-corrected chi connectivity index (χ0v) is 14.3. The molecule has 2 aromatic rings. The van der Waals surface area contributed by atoms with Crippen LogP contribution >= 0.6 is 50.9 Å². The number of thioether (sulfide) groups is 1. The largest absolute Gasteiger partial charge is 0.491 e. The lowest BCUT2D eigenvalue weighted by molar-refractivity contribution is 0.318. The van der Waals surface area contributed by atoms with Crippen molar-refractivity contribution in [2.45, 2.75) is 16.6 Å². The van der Waals surface area contributed by atoms with Gasteiger partial charge in [0.1, 0.15) is 12.4 Å². The monoisotopic (exact) mass is 388 g/mol. The zero-order chi connectivity index (χ0) is 14.1. The molecule has 1 aliphatic heterocycles. The van der Waals surface area contributed by atoms with E-state index in [0.29, 0.717) is 27.7 Å². The fourth-order valence-corrected chi connectivity index (χ4v) is 4.21. The van der Waals surface area contributed by atoms with Crippen molar-refractivity contribution in [3.63, 3.8) is 0 Å². The second kappa shape index (κ2) is 6.18. The molecule has 1 atom stereocenters.